The Morgan fingerprint density at radius 2 is 1.55 bits per heavy atom. The molecule has 2 fully saturated rings. The molecule has 1 aromatic heterocycles. The molecule has 0 aliphatic carbocycles. The maximum Gasteiger partial charge on any atom is 0.369 e. The molecule has 2 aliphatic rings. The Kier molecular flexibility index (Phi) is 5.82. The van der Waals surface area contributed by atoms with Crippen molar-refractivity contribution in [2.24, 2.45) is 0 Å². The van der Waals surface area contributed by atoms with Gasteiger partial charge in [0.25, 0.3) is 0 Å². The van der Waals surface area contributed by atoms with E-state index in [1.165, 1.54) is 44.5 Å². The second-order valence-corrected chi connectivity index (χ2v) is 6.29. The zero-order valence-corrected chi connectivity index (χ0v) is 13.4. The van der Waals surface area contributed by atoms with Crippen molar-refractivity contribution in [1.82, 2.24) is 4.58 Å². The molecule has 8 heteroatoms. The first-order valence-corrected chi connectivity index (χ1v) is 8.63. The van der Waals surface area contributed by atoms with E-state index in [2.05, 4.69) is 28.5 Å². The molecule has 0 atom stereocenters. The lowest BCUT2D eigenvalue weighted by Gasteiger charge is -2.17. The van der Waals surface area contributed by atoms with Crippen molar-refractivity contribution < 1.29 is 33.3 Å². The predicted molar refractivity (Wildman–Crippen MR) is 69.1 cm³/mol. The van der Waals surface area contributed by atoms with Crippen molar-refractivity contribution in [3.8, 4) is 0 Å². The summed E-state index contributed by atoms with van der Waals surface area (Å²) in [6, 6.07) is 4.40. The van der Waals surface area contributed by atoms with Crippen LogP contribution in [-0.2, 0) is 0 Å². The minimum absolute atomic E-state index is 1.02. The second-order valence-electron chi connectivity index (χ2n) is 5.53. The molecule has 2 aliphatic heterocycles. The summed E-state index contributed by atoms with van der Waals surface area (Å²) in [4.78, 5) is 2.47. The largest absolute Gasteiger partial charge is 0.410 e. The lowest BCUT2D eigenvalue weighted by Crippen LogP contribution is -2.68. The first kappa shape index (κ1) is 17.2. The molecular formula is C14H21ClN2O5. The van der Waals surface area contributed by atoms with Gasteiger partial charge >= 0.3 is 5.55 Å². The molecule has 0 amide bonds. The maximum atomic E-state index is 8.49. The maximum absolute atomic E-state index is 8.49. The van der Waals surface area contributed by atoms with Crippen LogP contribution in [0, 0.1) is 17.2 Å². The zero-order valence-electron chi connectivity index (χ0n) is 12.6. The van der Waals surface area contributed by atoms with E-state index in [1.807, 2.05) is 0 Å². The predicted octanol–water partition coefficient (Wildman–Crippen LogP) is -3.00. The summed E-state index contributed by atoms with van der Waals surface area (Å²) in [5.41, 5.74) is 2.40. The quantitative estimate of drug-likeness (QED) is 0.507. The lowest BCUT2D eigenvalue weighted by atomic mass is 10.3. The van der Waals surface area contributed by atoms with Gasteiger partial charge in [-0.15, -0.1) is 10.2 Å². The number of nitrogens with zero attached hydrogens (tertiary/aromatic N) is 2. The van der Waals surface area contributed by atoms with Crippen molar-refractivity contribution in [3.63, 3.8) is 0 Å². The molecular weight excluding hydrogens is 312 g/mol. The van der Waals surface area contributed by atoms with Crippen molar-refractivity contribution in [2.45, 2.75) is 32.6 Å². The molecule has 7 nitrogen and oxygen atoms in total. The van der Waals surface area contributed by atoms with E-state index in [0.717, 1.165) is 24.4 Å². The smallest absolute Gasteiger partial charge is 0.369 e. The molecule has 0 unspecified atom stereocenters. The van der Waals surface area contributed by atoms with E-state index >= 15 is 0 Å². The molecule has 2 saturated heterocycles. The van der Waals surface area contributed by atoms with E-state index < -0.39 is 10.2 Å². The second kappa shape index (κ2) is 7.43. The molecule has 0 bridgehead atoms. The van der Waals surface area contributed by atoms with Gasteiger partial charge in [0.2, 0.25) is 0 Å². The van der Waals surface area contributed by atoms with Crippen LogP contribution in [0.2, 0.25) is 0 Å². The molecule has 1 aromatic rings. The summed E-state index contributed by atoms with van der Waals surface area (Å²) in [6.07, 6.45) is 5.24. The van der Waals surface area contributed by atoms with Gasteiger partial charge < -0.3 is 9.32 Å². The topological polar surface area (TPSA) is 112 Å². The summed E-state index contributed by atoms with van der Waals surface area (Å²) < 4.78 is 42.2. The number of rotatable bonds is 1. The van der Waals surface area contributed by atoms with E-state index in [0.29, 0.717) is 0 Å². The van der Waals surface area contributed by atoms with Gasteiger partial charge in [0.15, 0.2) is 0 Å². The number of anilines is 1. The van der Waals surface area contributed by atoms with E-state index in [4.69, 9.17) is 23.1 Å². The minimum Gasteiger partial charge on any atom is -0.410 e. The summed E-state index contributed by atoms with van der Waals surface area (Å²) in [5, 5.41) is 0. The number of hydrogen-bond acceptors (Lipinski definition) is 6. The Morgan fingerprint density at radius 3 is 2.09 bits per heavy atom. The van der Waals surface area contributed by atoms with Crippen LogP contribution in [0.4, 0.5) is 5.69 Å². The van der Waals surface area contributed by atoms with E-state index in [1.54, 1.807) is 0 Å². The molecule has 3 heterocycles. The summed E-state index contributed by atoms with van der Waals surface area (Å²) >= 11 is 0. The molecule has 22 heavy (non-hydrogen) atoms. The average Bonchev–Trinajstić information content (AvgIpc) is 3.10. The fourth-order valence-corrected chi connectivity index (χ4v) is 2.85. The van der Waals surface area contributed by atoms with E-state index in [9.17, 15) is 0 Å². The Hall–Kier alpha value is -1.12. The molecule has 0 aromatic carbocycles. The van der Waals surface area contributed by atoms with Crippen LogP contribution in [-0.4, -0.2) is 26.2 Å². The highest BCUT2D eigenvalue weighted by Gasteiger charge is 2.18. The molecule has 0 N–H and O–H groups in total. The third-order valence-corrected chi connectivity index (χ3v) is 3.78. The number of halogens is 1. The van der Waals surface area contributed by atoms with Gasteiger partial charge in [-0.1, -0.05) is 0 Å². The van der Waals surface area contributed by atoms with Crippen molar-refractivity contribution >= 4 is 5.69 Å². The first-order chi connectivity index (χ1) is 10.3. The lowest BCUT2D eigenvalue weighted by molar-refractivity contribution is -2.00. The third-order valence-electron chi connectivity index (χ3n) is 3.78. The van der Waals surface area contributed by atoms with Crippen LogP contribution >= 0.6 is 0 Å². The van der Waals surface area contributed by atoms with Crippen molar-refractivity contribution in [3.05, 3.63) is 23.4 Å². The van der Waals surface area contributed by atoms with E-state index in [-0.39, 0.29) is 0 Å². The van der Waals surface area contributed by atoms with Crippen LogP contribution in [0.5, 0.6) is 0 Å². The van der Waals surface area contributed by atoms with Crippen LogP contribution in [0.1, 0.15) is 31.4 Å². The average molecular weight is 333 g/mol. The van der Waals surface area contributed by atoms with Gasteiger partial charge in [0.05, 0.1) is 11.8 Å². The van der Waals surface area contributed by atoms with Gasteiger partial charge in [0, 0.05) is 32.0 Å². The fourth-order valence-electron chi connectivity index (χ4n) is 2.85. The first-order valence-electron chi connectivity index (χ1n) is 7.39. The Labute approximate surface area is 131 Å². The highest BCUT2D eigenvalue weighted by molar-refractivity contribution is 5.46. The molecule has 124 valence electrons. The number of aryl methyl sites for hydroxylation is 1. The van der Waals surface area contributed by atoms with Gasteiger partial charge in [-0.05, 0) is 19.8 Å². The summed E-state index contributed by atoms with van der Waals surface area (Å²) in [6.45, 7) is 6.74. The third kappa shape index (κ3) is 5.58. The highest BCUT2D eigenvalue weighted by atomic mass is 35.7. The Morgan fingerprint density at radius 1 is 1.00 bits per heavy atom. The Balaban J connectivity index is 0.000000309. The standard InChI is InChI=1S/C14H21N2O.ClHO4/c1-12-10-13(15-6-2-3-7-15)11-14(17-12)16-8-4-5-9-16;2-1(3,4)5/h10-11H,2-9H2,1H3;(H,2,3,4,5)/q+1;/p-1. The number of hydrogen-bond donors (Lipinski definition) is 0. The summed E-state index contributed by atoms with van der Waals surface area (Å²) in [5.74, 6) is 1.02. The van der Waals surface area contributed by atoms with Crippen molar-refractivity contribution in [2.75, 3.05) is 31.1 Å². The molecule has 0 radical (unpaired) electrons. The fraction of sp³-hybridized carbons (Fsp3) is 0.643. The zero-order chi connectivity index (χ0) is 16.2. The van der Waals surface area contributed by atoms with Crippen molar-refractivity contribution in [1.29, 1.82) is 0 Å². The van der Waals surface area contributed by atoms with Crippen LogP contribution in [0.25, 0.3) is 0 Å². The molecule has 0 spiro atoms. The van der Waals surface area contributed by atoms with Gasteiger partial charge in [-0.3, -0.25) is 0 Å². The molecule has 0 saturated carbocycles. The van der Waals surface area contributed by atoms with Gasteiger partial charge in [-0.25, -0.2) is 18.6 Å². The SMILES string of the molecule is Cc1cc(N2CCCC2)cc(=[N+]2CCCC2)o1.[O-][Cl+3]([O-])([O-])[O-]. The van der Waals surface area contributed by atoms with Crippen LogP contribution < -0.4 is 33.7 Å². The Bertz CT molecular complexity index is 547. The van der Waals surface area contributed by atoms with Gasteiger partial charge in [0.1, 0.15) is 18.8 Å². The van der Waals surface area contributed by atoms with Crippen LogP contribution in [0.15, 0.2) is 16.5 Å². The summed E-state index contributed by atoms with van der Waals surface area (Å²) in [7, 11) is -4.94. The minimum atomic E-state index is -4.94. The van der Waals surface area contributed by atoms with Crippen LogP contribution in [0.3, 0.4) is 0 Å². The van der Waals surface area contributed by atoms with Gasteiger partial charge in [-0.2, -0.15) is 4.58 Å². The highest BCUT2D eigenvalue weighted by Crippen LogP contribution is 2.19. The normalized spacial score (nSPS) is 18.4. The monoisotopic (exact) mass is 332 g/mol. The molecule has 3 rings (SSSR count).